The Morgan fingerprint density at radius 2 is 2.00 bits per heavy atom. The van der Waals surface area contributed by atoms with Crippen LogP contribution in [0.1, 0.15) is 44.3 Å². The highest BCUT2D eigenvalue weighted by Crippen LogP contribution is 2.49. The van der Waals surface area contributed by atoms with Crippen molar-refractivity contribution >= 4 is 11.6 Å². The van der Waals surface area contributed by atoms with E-state index in [1.165, 1.54) is 25.7 Å². The lowest BCUT2D eigenvalue weighted by molar-refractivity contribution is 0.158. The Hall–Kier alpha value is -0.570. The van der Waals surface area contributed by atoms with E-state index in [0.29, 0.717) is 17.6 Å². The van der Waals surface area contributed by atoms with E-state index >= 15 is 0 Å². The van der Waals surface area contributed by atoms with Gasteiger partial charge in [0.05, 0.1) is 6.10 Å². The van der Waals surface area contributed by atoms with Gasteiger partial charge in [0.2, 0.25) is 0 Å². The number of hydrogen-bond donors (Lipinski definition) is 2. The molecule has 1 aromatic carbocycles. The highest BCUT2D eigenvalue weighted by atomic mass is 35.5. The zero-order valence-electron chi connectivity index (χ0n) is 12.1. The first-order valence-corrected chi connectivity index (χ1v) is 8.18. The van der Waals surface area contributed by atoms with E-state index in [2.05, 4.69) is 12.2 Å². The topological polar surface area (TPSA) is 32.3 Å². The maximum Gasteiger partial charge on any atom is 0.0914 e. The van der Waals surface area contributed by atoms with Gasteiger partial charge in [0.1, 0.15) is 0 Å². The number of hydrogen-bond acceptors (Lipinski definition) is 2. The maximum atomic E-state index is 10.2. The lowest BCUT2D eigenvalue weighted by Gasteiger charge is -2.29. The van der Waals surface area contributed by atoms with Gasteiger partial charge in [-0.1, -0.05) is 30.2 Å². The summed E-state index contributed by atoms with van der Waals surface area (Å²) in [5.74, 6) is 2.72. The van der Waals surface area contributed by atoms with Crippen LogP contribution in [0.25, 0.3) is 0 Å². The molecule has 1 aromatic rings. The van der Waals surface area contributed by atoms with Crippen LogP contribution in [0, 0.1) is 17.8 Å². The van der Waals surface area contributed by atoms with Crippen LogP contribution in [-0.2, 0) is 0 Å². The van der Waals surface area contributed by atoms with Crippen LogP contribution >= 0.6 is 11.6 Å². The quantitative estimate of drug-likeness (QED) is 0.866. The molecule has 0 amide bonds. The van der Waals surface area contributed by atoms with Gasteiger partial charge in [-0.05, 0) is 61.6 Å². The van der Waals surface area contributed by atoms with Crippen molar-refractivity contribution in [1.82, 2.24) is 5.32 Å². The van der Waals surface area contributed by atoms with Crippen LogP contribution in [0.4, 0.5) is 0 Å². The van der Waals surface area contributed by atoms with Crippen molar-refractivity contribution in [2.24, 2.45) is 17.8 Å². The molecule has 2 bridgehead atoms. The fraction of sp³-hybridized carbons (Fsp3) is 0.647. The van der Waals surface area contributed by atoms with Crippen molar-refractivity contribution in [2.75, 3.05) is 6.54 Å². The van der Waals surface area contributed by atoms with Crippen LogP contribution in [0.5, 0.6) is 0 Å². The minimum Gasteiger partial charge on any atom is -0.387 e. The minimum atomic E-state index is -0.451. The molecule has 110 valence electrons. The summed E-state index contributed by atoms with van der Waals surface area (Å²) < 4.78 is 0. The number of nitrogens with one attached hydrogen (secondary N) is 1. The Kier molecular flexibility index (Phi) is 4.34. The van der Waals surface area contributed by atoms with Crippen LogP contribution < -0.4 is 5.32 Å². The normalized spacial score (nSPS) is 31.4. The Bertz CT molecular complexity index is 447. The van der Waals surface area contributed by atoms with Gasteiger partial charge in [-0.2, -0.15) is 0 Å². The largest absolute Gasteiger partial charge is 0.387 e. The molecule has 0 heterocycles. The maximum absolute atomic E-state index is 10.2. The summed E-state index contributed by atoms with van der Waals surface area (Å²) in [4.78, 5) is 0. The molecule has 5 atom stereocenters. The highest BCUT2D eigenvalue weighted by Gasteiger charge is 2.41. The number of benzene rings is 1. The Labute approximate surface area is 126 Å². The van der Waals surface area contributed by atoms with E-state index in [9.17, 15) is 5.11 Å². The second-order valence-electron chi connectivity index (χ2n) is 6.60. The average molecular weight is 294 g/mol. The lowest BCUT2D eigenvalue weighted by Crippen LogP contribution is -2.38. The van der Waals surface area contributed by atoms with Crippen LogP contribution in [0.3, 0.4) is 0 Å². The van der Waals surface area contributed by atoms with Gasteiger partial charge in [0, 0.05) is 17.6 Å². The zero-order valence-corrected chi connectivity index (χ0v) is 12.8. The van der Waals surface area contributed by atoms with Gasteiger partial charge < -0.3 is 10.4 Å². The molecule has 2 aliphatic carbocycles. The van der Waals surface area contributed by atoms with Gasteiger partial charge >= 0.3 is 0 Å². The highest BCUT2D eigenvalue weighted by molar-refractivity contribution is 6.30. The Morgan fingerprint density at radius 1 is 1.25 bits per heavy atom. The number of aliphatic hydroxyl groups excluding tert-OH is 1. The van der Waals surface area contributed by atoms with Gasteiger partial charge in [-0.15, -0.1) is 0 Å². The number of aliphatic hydroxyl groups is 1. The summed E-state index contributed by atoms with van der Waals surface area (Å²) in [5.41, 5.74) is 0.932. The van der Waals surface area contributed by atoms with Crippen molar-refractivity contribution in [3.05, 3.63) is 34.9 Å². The van der Waals surface area contributed by atoms with Crippen molar-refractivity contribution in [3.63, 3.8) is 0 Å². The summed E-state index contributed by atoms with van der Waals surface area (Å²) in [7, 11) is 0. The molecule has 0 radical (unpaired) electrons. The van der Waals surface area contributed by atoms with E-state index in [1.807, 2.05) is 24.3 Å². The molecule has 3 heteroatoms. The fourth-order valence-corrected chi connectivity index (χ4v) is 4.28. The van der Waals surface area contributed by atoms with Crippen LogP contribution in [-0.4, -0.2) is 17.7 Å². The third kappa shape index (κ3) is 3.03. The molecule has 2 aliphatic rings. The van der Waals surface area contributed by atoms with Crippen LogP contribution in [0.15, 0.2) is 24.3 Å². The van der Waals surface area contributed by atoms with E-state index < -0.39 is 6.10 Å². The van der Waals surface area contributed by atoms with Crippen molar-refractivity contribution < 1.29 is 5.11 Å². The van der Waals surface area contributed by atoms with Crippen LogP contribution in [0.2, 0.25) is 5.02 Å². The van der Waals surface area contributed by atoms with E-state index in [0.717, 1.165) is 23.3 Å². The first-order valence-electron chi connectivity index (χ1n) is 7.80. The molecule has 20 heavy (non-hydrogen) atoms. The molecule has 3 rings (SSSR count). The molecule has 0 spiro atoms. The predicted molar refractivity (Wildman–Crippen MR) is 82.8 cm³/mol. The van der Waals surface area contributed by atoms with Gasteiger partial charge in [-0.3, -0.25) is 0 Å². The molecule has 0 aliphatic heterocycles. The zero-order chi connectivity index (χ0) is 14.1. The molecule has 2 saturated carbocycles. The monoisotopic (exact) mass is 293 g/mol. The molecule has 5 unspecified atom stereocenters. The molecule has 2 fully saturated rings. The van der Waals surface area contributed by atoms with Crippen molar-refractivity contribution in [3.8, 4) is 0 Å². The molecule has 2 nitrogen and oxygen atoms in total. The minimum absolute atomic E-state index is 0.451. The van der Waals surface area contributed by atoms with Crippen molar-refractivity contribution in [1.29, 1.82) is 0 Å². The van der Waals surface area contributed by atoms with Gasteiger partial charge in [-0.25, -0.2) is 0 Å². The van der Waals surface area contributed by atoms with Crippen molar-refractivity contribution in [2.45, 2.75) is 44.8 Å². The molecule has 0 aromatic heterocycles. The molecule has 0 saturated heterocycles. The standard InChI is InChI=1S/C17H24ClNO/c1-11(16-9-12-2-3-14(16)8-12)19-10-17(20)13-4-6-15(18)7-5-13/h4-7,11-12,14,16-17,19-20H,2-3,8-10H2,1H3. The molecular formula is C17H24ClNO. The SMILES string of the molecule is CC(NCC(O)c1ccc(Cl)cc1)C1CC2CCC1C2. The first-order chi connectivity index (χ1) is 9.63. The molecular weight excluding hydrogens is 270 g/mol. The average Bonchev–Trinajstić information content (AvgIpc) is 3.08. The third-order valence-electron chi connectivity index (χ3n) is 5.32. The third-order valence-corrected chi connectivity index (χ3v) is 5.57. The molecule has 2 N–H and O–H groups in total. The summed E-state index contributed by atoms with van der Waals surface area (Å²) in [5, 5.41) is 14.5. The summed E-state index contributed by atoms with van der Waals surface area (Å²) in [6.07, 6.45) is 5.24. The van der Waals surface area contributed by atoms with E-state index in [4.69, 9.17) is 11.6 Å². The number of fused-ring (bicyclic) bond motifs is 2. The van der Waals surface area contributed by atoms with Gasteiger partial charge in [0.25, 0.3) is 0 Å². The first kappa shape index (κ1) is 14.4. The van der Waals surface area contributed by atoms with Gasteiger partial charge in [0.15, 0.2) is 0 Å². The fourth-order valence-electron chi connectivity index (χ4n) is 4.16. The Morgan fingerprint density at radius 3 is 2.60 bits per heavy atom. The van der Waals surface area contributed by atoms with E-state index in [-0.39, 0.29) is 0 Å². The summed E-state index contributed by atoms with van der Waals surface area (Å²) >= 11 is 5.87. The second kappa shape index (κ2) is 6.05. The lowest BCUT2D eigenvalue weighted by atomic mass is 9.84. The Balaban J connectivity index is 1.50. The number of halogens is 1. The predicted octanol–water partition coefficient (Wildman–Crippen LogP) is 3.79. The smallest absolute Gasteiger partial charge is 0.0914 e. The second-order valence-corrected chi connectivity index (χ2v) is 7.04. The summed E-state index contributed by atoms with van der Waals surface area (Å²) in [6, 6.07) is 7.97. The van der Waals surface area contributed by atoms with E-state index in [1.54, 1.807) is 0 Å². The summed E-state index contributed by atoms with van der Waals surface area (Å²) in [6.45, 7) is 2.90. The number of rotatable bonds is 5.